The number of carbonyl (C=O) groups excluding carboxylic acids is 2. The monoisotopic (exact) mass is 440 g/mol. The molecule has 1 aliphatic rings. The Morgan fingerprint density at radius 3 is 2.58 bits per heavy atom. The largest absolute Gasteiger partial charge is 0.466 e. The van der Waals surface area contributed by atoms with E-state index >= 15 is 0 Å². The molecule has 0 aliphatic carbocycles. The zero-order valence-electron chi connectivity index (χ0n) is 19.2. The van der Waals surface area contributed by atoms with Gasteiger partial charge in [-0.1, -0.05) is 42.5 Å². The number of nitrogens with one attached hydrogen (secondary N) is 1. The van der Waals surface area contributed by atoms with Crippen LogP contribution in [0.5, 0.6) is 0 Å². The van der Waals surface area contributed by atoms with Gasteiger partial charge in [0.15, 0.2) is 0 Å². The van der Waals surface area contributed by atoms with Gasteiger partial charge in [-0.15, -0.1) is 0 Å². The zero-order valence-corrected chi connectivity index (χ0v) is 19.2. The van der Waals surface area contributed by atoms with Crippen LogP contribution in [0.25, 0.3) is 22.0 Å². The summed E-state index contributed by atoms with van der Waals surface area (Å²) in [5.41, 5.74) is 7.49. The van der Waals surface area contributed by atoms with Crippen LogP contribution < -0.4 is 5.32 Å². The first-order valence-electron chi connectivity index (χ1n) is 11.3. The van der Waals surface area contributed by atoms with E-state index in [0.29, 0.717) is 18.6 Å². The van der Waals surface area contributed by atoms with Crippen LogP contribution in [0.1, 0.15) is 45.1 Å². The molecule has 3 aromatic rings. The van der Waals surface area contributed by atoms with Crippen LogP contribution in [0.2, 0.25) is 0 Å². The molecular formula is C28H28N2O3. The van der Waals surface area contributed by atoms with Crippen molar-refractivity contribution in [2.24, 2.45) is 0 Å². The molecule has 4 rings (SSSR count). The smallest absolute Gasteiger partial charge is 0.306 e. The number of ether oxygens (including phenoxy) is 1. The second kappa shape index (κ2) is 9.82. The lowest BCUT2D eigenvalue weighted by Crippen LogP contribution is -2.25. The number of hydrogen-bond donors (Lipinski definition) is 1. The molecule has 2 aromatic carbocycles. The lowest BCUT2D eigenvalue weighted by molar-refractivity contribution is -0.143. The molecule has 0 saturated carbocycles. The summed E-state index contributed by atoms with van der Waals surface area (Å²) < 4.78 is 5.14. The molecule has 0 spiro atoms. The minimum absolute atomic E-state index is 0.235. The maximum Gasteiger partial charge on any atom is 0.306 e. The molecule has 1 atom stereocenters. The van der Waals surface area contributed by atoms with Crippen molar-refractivity contribution in [1.82, 2.24) is 10.3 Å². The topological polar surface area (TPSA) is 68.3 Å². The second-order valence-corrected chi connectivity index (χ2v) is 8.22. The van der Waals surface area contributed by atoms with E-state index in [1.807, 2.05) is 50.4 Å². The summed E-state index contributed by atoms with van der Waals surface area (Å²) in [6.07, 6.45) is 3.59. The van der Waals surface area contributed by atoms with Gasteiger partial charge in [-0.3, -0.25) is 14.6 Å². The van der Waals surface area contributed by atoms with E-state index in [9.17, 15) is 9.59 Å². The summed E-state index contributed by atoms with van der Waals surface area (Å²) in [7, 11) is 0. The van der Waals surface area contributed by atoms with Gasteiger partial charge in [-0.25, -0.2) is 0 Å². The van der Waals surface area contributed by atoms with E-state index in [1.165, 1.54) is 0 Å². The third-order valence-corrected chi connectivity index (χ3v) is 6.16. The van der Waals surface area contributed by atoms with E-state index in [4.69, 9.17) is 9.72 Å². The maximum atomic E-state index is 12.2. The number of hydrogen-bond acceptors (Lipinski definition) is 5. The second-order valence-electron chi connectivity index (χ2n) is 8.22. The molecule has 1 aliphatic heterocycles. The van der Waals surface area contributed by atoms with Crippen LogP contribution in [-0.2, 0) is 14.3 Å². The normalized spacial score (nSPS) is 16.0. The summed E-state index contributed by atoms with van der Waals surface area (Å²) in [4.78, 5) is 29.1. The number of benzene rings is 2. The standard InChI is InChI=1S/C28H28N2O3/c1-4-33-27(32)14-13-22-18(2)30-19(3)25(17-31)28(22)23-11-8-12-26-24(23)15-21(16-29-26)20-9-6-5-7-10-20/h5-12,15-17,28,30H,4,13-14H2,1-3H3. The van der Waals surface area contributed by atoms with Crippen molar-refractivity contribution in [1.29, 1.82) is 0 Å². The number of dihydropyridines is 1. The third kappa shape index (κ3) is 4.58. The minimum Gasteiger partial charge on any atom is -0.466 e. The number of pyridine rings is 1. The first-order valence-corrected chi connectivity index (χ1v) is 11.3. The van der Waals surface area contributed by atoms with Crippen molar-refractivity contribution in [3.8, 4) is 11.1 Å². The van der Waals surface area contributed by atoms with Gasteiger partial charge in [0, 0.05) is 46.5 Å². The molecule has 1 aromatic heterocycles. The molecule has 0 amide bonds. The predicted octanol–water partition coefficient (Wildman–Crippen LogP) is 5.68. The SMILES string of the molecule is CCOC(=O)CCC1=C(C)NC(C)=C(C=O)C1c1cccc2ncc(-c3ccccc3)cc12. The number of rotatable bonds is 7. The number of esters is 1. The van der Waals surface area contributed by atoms with Gasteiger partial charge in [0.1, 0.15) is 6.29 Å². The average molecular weight is 441 g/mol. The van der Waals surface area contributed by atoms with Crippen LogP contribution >= 0.6 is 0 Å². The molecule has 0 saturated heterocycles. The molecule has 0 bridgehead atoms. The van der Waals surface area contributed by atoms with Crippen molar-refractivity contribution in [3.63, 3.8) is 0 Å². The fourth-order valence-corrected chi connectivity index (χ4v) is 4.58. The van der Waals surface area contributed by atoms with Crippen molar-refractivity contribution >= 4 is 23.2 Å². The lowest BCUT2D eigenvalue weighted by atomic mass is 9.78. The van der Waals surface area contributed by atoms with Crippen LogP contribution in [0.3, 0.4) is 0 Å². The van der Waals surface area contributed by atoms with Crippen LogP contribution in [-0.4, -0.2) is 23.8 Å². The fourth-order valence-electron chi connectivity index (χ4n) is 4.58. The molecule has 1 unspecified atom stereocenters. The van der Waals surface area contributed by atoms with Crippen LogP contribution in [0, 0.1) is 0 Å². The highest BCUT2D eigenvalue weighted by atomic mass is 16.5. The Bertz CT molecular complexity index is 1260. The van der Waals surface area contributed by atoms with Gasteiger partial charge < -0.3 is 10.1 Å². The summed E-state index contributed by atoms with van der Waals surface area (Å²) in [5, 5.41) is 4.33. The summed E-state index contributed by atoms with van der Waals surface area (Å²) >= 11 is 0. The summed E-state index contributed by atoms with van der Waals surface area (Å²) in [6, 6.07) is 18.3. The van der Waals surface area contributed by atoms with Gasteiger partial charge in [-0.2, -0.15) is 0 Å². The number of nitrogens with zero attached hydrogens (tertiary/aromatic N) is 1. The van der Waals surface area contributed by atoms with Gasteiger partial charge in [0.2, 0.25) is 0 Å². The van der Waals surface area contributed by atoms with Gasteiger partial charge in [-0.05, 0) is 56.0 Å². The van der Waals surface area contributed by atoms with E-state index in [-0.39, 0.29) is 18.3 Å². The zero-order chi connectivity index (χ0) is 23.4. The van der Waals surface area contributed by atoms with Gasteiger partial charge >= 0.3 is 5.97 Å². The first-order chi connectivity index (χ1) is 16.0. The van der Waals surface area contributed by atoms with E-state index in [1.54, 1.807) is 6.92 Å². The highest BCUT2D eigenvalue weighted by Gasteiger charge is 2.30. The lowest BCUT2D eigenvalue weighted by Gasteiger charge is -2.31. The van der Waals surface area contributed by atoms with Gasteiger partial charge in [0.05, 0.1) is 12.1 Å². The number of aldehydes is 1. The molecule has 0 fully saturated rings. The Morgan fingerprint density at radius 1 is 1.06 bits per heavy atom. The Labute approximate surface area is 194 Å². The Kier molecular flexibility index (Phi) is 6.68. The minimum atomic E-state index is -0.255. The molecule has 0 radical (unpaired) electrons. The molecule has 33 heavy (non-hydrogen) atoms. The van der Waals surface area contributed by atoms with Crippen molar-refractivity contribution in [2.75, 3.05) is 6.61 Å². The van der Waals surface area contributed by atoms with Crippen LogP contribution in [0.4, 0.5) is 0 Å². The van der Waals surface area contributed by atoms with E-state index in [2.05, 4.69) is 29.6 Å². The highest BCUT2D eigenvalue weighted by Crippen LogP contribution is 2.42. The highest BCUT2D eigenvalue weighted by molar-refractivity contribution is 5.90. The van der Waals surface area contributed by atoms with Crippen LogP contribution in [0.15, 0.2) is 83.3 Å². The first kappa shape index (κ1) is 22.5. The van der Waals surface area contributed by atoms with Gasteiger partial charge in [0.25, 0.3) is 0 Å². The number of aromatic nitrogens is 1. The third-order valence-electron chi connectivity index (χ3n) is 6.16. The van der Waals surface area contributed by atoms with Crippen molar-refractivity contribution < 1.29 is 14.3 Å². The molecule has 5 nitrogen and oxygen atoms in total. The Morgan fingerprint density at radius 2 is 1.85 bits per heavy atom. The quantitative estimate of drug-likeness (QED) is 0.378. The molecule has 168 valence electrons. The molecule has 1 N–H and O–H groups in total. The average Bonchev–Trinajstić information content (AvgIpc) is 2.83. The van der Waals surface area contributed by atoms with Crippen molar-refractivity contribution in [2.45, 2.75) is 39.5 Å². The summed E-state index contributed by atoms with van der Waals surface area (Å²) in [6.45, 7) is 6.07. The molecule has 2 heterocycles. The maximum absolute atomic E-state index is 12.2. The summed E-state index contributed by atoms with van der Waals surface area (Å²) in [5.74, 6) is -0.490. The molecular weight excluding hydrogens is 412 g/mol. The Hall–Kier alpha value is -3.73. The van der Waals surface area contributed by atoms with E-state index in [0.717, 1.165) is 50.8 Å². The predicted molar refractivity (Wildman–Crippen MR) is 130 cm³/mol. The number of allylic oxidation sites excluding steroid dienone is 4. The number of fused-ring (bicyclic) bond motifs is 1. The molecule has 5 heteroatoms. The van der Waals surface area contributed by atoms with E-state index < -0.39 is 0 Å². The number of carbonyl (C=O) groups is 2. The fraction of sp³-hybridized carbons (Fsp3) is 0.250. The Balaban J connectivity index is 1.85. The van der Waals surface area contributed by atoms with Crippen molar-refractivity contribution in [3.05, 3.63) is 88.9 Å².